The van der Waals surface area contributed by atoms with E-state index in [0.717, 1.165) is 32.7 Å². The van der Waals surface area contributed by atoms with Gasteiger partial charge in [-0.15, -0.1) is 0 Å². The Bertz CT molecular complexity index is 1120. The Morgan fingerprint density at radius 3 is 2.70 bits per heavy atom. The third-order valence-electron chi connectivity index (χ3n) is 5.83. The molecular weight excluding hydrogens is 380 g/mol. The third-order valence-corrected chi connectivity index (χ3v) is 5.83. The van der Waals surface area contributed by atoms with Gasteiger partial charge < -0.3 is 15.2 Å². The van der Waals surface area contributed by atoms with Gasteiger partial charge in [-0.05, 0) is 38.0 Å². The first-order valence-electron chi connectivity index (χ1n) is 10.3. The van der Waals surface area contributed by atoms with Gasteiger partial charge >= 0.3 is 0 Å². The zero-order valence-corrected chi connectivity index (χ0v) is 17.7. The normalized spacial score (nSPS) is 15.0. The molecule has 1 aliphatic heterocycles. The number of amides is 1. The number of hydrogen-bond acceptors (Lipinski definition) is 5. The van der Waals surface area contributed by atoms with Crippen molar-refractivity contribution in [1.82, 2.24) is 24.8 Å². The van der Waals surface area contributed by atoms with E-state index in [9.17, 15) is 9.59 Å². The van der Waals surface area contributed by atoms with Gasteiger partial charge in [-0.1, -0.05) is 12.1 Å². The number of H-pyrrole nitrogens is 1. The molecule has 0 unspecified atom stereocenters. The summed E-state index contributed by atoms with van der Waals surface area (Å²) in [5.41, 5.74) is 5.06. The molecule has 0 atom stereocenters. The minimum absolute atomic E-state index is 0.247. The molecule has 1 fully saturated rings. The van der Waals surface area contributed by atoms with Crippen LogP contribution in [0.2, 0.25) is 0 Å². The summed E-state index contributed by atoms with van der Waals surface area (Å²) in [6.45, 7) is 11.3. The number of aromatic nitrogens is 3. The van der Waals surface area contributed by atoms with Crippen LogP contribution in [-0.4, -0.2) is 64.7 Å². The zero-order valence-electron chi connectivity index (χ0n) is 17.7. The molecule has 4 rings (SSSR count). The lowest BCUT2D eigenvalue weighted by Crippen LogP contribution is -2.48. The Balaban J connectivity index is 1.28. The highest BCUT2D eigenvalue weighted by atomic mass is 16.2. The maximum Gasteiger partial charge on any atom is 0.274 e. The minimum Gasteiger partial charge on any atom is -0.369 e. The first-order valence-corrected chi connectivity index (χ1v) is 10.3. The number of rotatable bonds is 5. The van der Waals surface area contributed by atoms with Crippen molar-refractivity contribution >= 4 is 17.1 Å². The van der Waals surface area contributed by atoms with E-state index in [-0.39, 0.29) is 17.2 Å². The second kappa shape index (κ2) is 8.31. The molecule has 1 aliphatic rings. The van der Waals surface area contributed by atoms with Gasteiger partial charge in [0.05, 0.1) is 0 Å². The Morgan fingerprint density at radius 1 is 1.17 bits per heavy atom. The summed E-state index contributed by atoms with van der Waals surface area (Å²) in [7, 11) is 0. The number of hydrogen-bond donors (Lipinski definition) is 2. The molecule has 3 heterocycles. The molecule has 2 N–H and O–H groups in total. The molecule has 3 aromatic rings. The number of nitrogens with zero attached hydrogens (tertiary/aromatic N) is 4. The number of carbonyl (C=O) groups is 1. The molecule has 0 spiro atoms. The maximum absolute atomic E-state index is 12.4. The Labute approximate surface area is 175 Å². The number of nitrogens with one attached hydrogen (secondary N) is 2. The van der Waals surface area contributed by atoms with Gasteiger partial charge in [-0.3, -0.25) is 14.5 Å². The highest BCUT2D eigenvalue weighted by Gasteiger charge is 2.19. The van der Waals surface area contributed by atoms with Crippen molar-refractivity contribution < 1.29 is 4.79 Å². The molecule has 1 saturated heterocycles. The topological polar surface area (TPSA) is 85.7 Å². The van der Waals surface area contributed by atoms with E-state index >= 15 is 0 Å². The van der Waals surface area contributed by atoms with Gasteiger partial charge in [0, 0.05) is 62.9 Å². The fourth-order valence-electron chi connectivity index (χ4n) is 3.94. The molecule has 8 heteroatoms. The molecule has 0 saturated carbocycles. The van der Waals surface area contributed by atoms with E-state index in [1.807, 2.05) is 0 Å². The molecule has 8 nitrogen and oxygen atoms in total. The van der Waals surface area contributed by atoms with Crippen molar-refractivity contribution in [3.05, 3.63) is 63.3 Å². The van der Waals surface area contributed by atoms with E-state index in [4.69, 9.17) is 0 Å². The highest BCUT2D eigenvalue weighted by Crippen LogP contribution is 2.23. The number of fused-ring (bicyclic) bond motifs is 1. The fourth-order valence-corrected chi connectivity index (χ4v) is 3.94. The van der Waals surface area contributed by atoms with Crippen LogP contribution in [0.15, 0.2) is 35.3 Å². The zero-order chi connectivity index (χ0) is 21.3. The lowest BCUT2D eigenvalue weighted by atomic mass is 10.1. The van der Waals surface area contributed by atoms with Gasteiger partial charge in [0.2, 0.25) is 0 Å². The third kappa shape index (κ3) is 4.09. The number of carbonyl (C=O) groups excluding carboxylic acids is 1. The van der Waals surface area contributed by atoms with Crippen LogP contribution >= 0.6 is 0 Å². The van der Waals surface area contributed by atoms with E-state index < -0.39 is 0 Å². The van der Waals surface area contributed by atoms with Gasteiger partial charge in [0.15, 0.2) is 5.69 Å². The second-order valence-corrected chi connectivity index (χ2v) is 7.93. The average molecular weight is 409 g/mol. The van der Waals surface area contributed by atoms with Crippen molar-refractivity contribution in [3.8, 4) is 0 Å². The summed E-state index contributed by atoms with van der Waals surface area (Å²) in [6, 6.07) is 7.99. The van der Waals surface area contributed by atoms with Gasteiger partial charge in [-0.2, -0.15) is 5.10 Å². The van der Waals surface area contributed by atoms with Crippen molar-refractivity contribution in [2.24, 2.45) is 0 Å². The molecule has 2 aromatic heterocycles. The molecule has 0 radical (unpaired) electrons. The van der Waals surface area contributed by atoms with Crippen molar-refractivity contribution in [2.75, 3.05) is 44.2 Å². The quantitative estimate of drug-likeness (QED) is 0.668. The van der Waals surface area contributed by atoms with Gasteiger partial charge in [-0.25, -0.2) is 4.52 Å². The van der Waals surface area contributed by atoms with E-state index in [1.165, 1.54) is 27.4 Å². The van der Waals surface area contributed by atoms with Crippen LogP contribution < -0.4 is 15.8 Å². The summed E-state index contributed by atoms with van der Waals surface area (Å²) in [6.07, 6.45) is 1.70. The Morgan fingerprint density at radius 2 is 1.93 bits per heavy atom. The summed E-state index contributed by atoms with van der Waals surface area (Å²) in [5, 5.41) is 7.14. The summed E-state index contributed by atoms with van der Waals surface area (Å²) < 4.78 is 1.45. The highest BCUT2D eigenvalue weighted by molar-refractivity contribution is 5.93. The van der Waals surface area contributed by atoms with Crippen molar-refractivity contribution in [2.45, 2.75) is 20.8 Å². The Hall–Kier alpha value is -3.13. The molecular formula is C22H28N6O2. The standard InChI is InChI=1S/C22H28N6O2/c1-15-5-4-6-19(17(15)3)27-11-9-26(10-12-27)8-7-23-21(29)18-13-20-22(30)24-16(2)14-28(20)25-18/h4-6,13-14H,7-12H2,1-3H3,(H,23,29)(H,24,30). The number of anilines is 1. The average Bonchev–Trinajstić information content (AvgIpc) is 3.15. The summed E-state index contributed by atoms with van der Waals surface area (Å²) in [5.74, 6) is -0.259. The first kappa shape index (κ1) is 20.2. The van der Waals surface area contributed by atoms with Gasteiger partial charge in [0.25, 0.3) is 11.5 Å². The molecule has 1 aromatic carbocycles. The molecule has 0 bridgehead atoms. The smallest absolute Gasteiger partial charge is 0.274 e. The van der Waals surface area contributed by atoms with Crippen LogP contribution in [0.4, 0.5) is 5.69 Å². The second-order valence-electron chi connectivity index (χ2n) is 7.93. The van der Waals surface area contributed by atoms with Crippen molar-refractivity contribution in [3.63, 3.8) is 0 Å². The lowest BCUT2D eigenvalue weighted by molar-refractivity contribution is 0.0942. The van der Waals surface area contributed by atoms with E-state index in [1.54, 1.807) is 13.1 Å². The maximum atomic E-state index is 12.4. The van der Waals surface area contributed by atoms with E-state index in [0.29, 0.717) is 17.8 Å². The molecule has 1 amide bonds. The van der Waals surface area contributed by atoms with Crippen LogP contribution in [0, 0.1) is 20.8 Å². The number of aromatic amines is 1. The van der Waals surface area contributed by atoms with Crippen LogP contribution in [0.1, 0.15) is 27.3 Å². The molecule has 30 heavy (non-hydrogen) atoms. The van der Waals surface area contributed by atoms with Crippen molar-refractivity contribution in [1.29, 1.82) is 0 Å². The van der Waals surface area contributed by atoms with Crippen LogP contribution in [0.3, 0.4) is 0 Å². The van der Waals surface area contributed by atoms with Crippen LogP contribution in [-0.2, 0) is 0 Å². The largest absolute Gasteiger partial charge is 0.369 e. The van der Waals surface area contributed by atoms with Gasteiger partial charge in [0.1, 0.15) is 5.52 Å². The monoisotopic (exact) mass is 408 g/mol. The minimum atomic E-state index is -0.259. The number of piperazine rings is 1. The fraction of sp³-hybridized carbons (Fsp3) is 0.409. The molecule has 158 valence electrons. The predicted molar refractivity (Wildman–Crippen MR) is 117 cm³/mol. The predicted octanol–water partition coefficient (Wildman–Crippen LogP) is 1.50. The first-order chi connectivity index (χ1) is 14.4. The number of benzene rings is 1. The SMILES string of the molecule is Cc1cn2nc(C(=O)NCCN3CCN(c4cccc(C)c4C)CC3)cc2c(=O)[nH]1. The summed E-state index contributed by atoms with van der Waals surface area (Å²) >= 11 is 0. The lowest BCUT2D eigenvalue weighted by Gasteiger charge is -2.37. The Kier molecular flexibility index (Phi) is 5.59. The number of aryl methyl sites for hydroxylation is 2. The summed E-state index contributed by atoms with van der Waals surface area (Å²) in [4.78, 5) is 31.9. The van der Waals surface area contributed by atoms with E-state index in [2.05, 4.69) is 57.2 Å². The van der Waals surface area contributed by atoms with Crippen LogP contribution in [0.5, 0.6) is 0 Å². The van der Waals surface area contributed by atoms with Crippen LogP contribution in [0.25, 0.3) is 5.52 Å². The molecule has 0 aliphatic carbocycles.